The third-order valence-corrected chi connectivity index (χ3v) is 3.36. The van der Waals surface area contributed by atoms with Gasteiger partial charge in [0.05, 0.1) is 5.02 Å². The average molecular weight is 242 g/mol. The fourth-order valence-corrected chi connectivity index (χ4v) is 2.39. The molecule has 1 heterocycles. The van der Waals surface area contributed by atoms with Crippen LogP contribution in [0.4, 0.5) is 4.39 Å². The Morgan fingerprint density at radius 2 is 2.19 bits per heavy atom. The van der Waals surface area contributed by atoms with E-state index in [1.807, 2.05) is 13.8 Å². The maximum atomic E-state index is 13.0. The van der Waals surface area contributed by atoms with Gasteiger partial charge in [0.2, 0.25) is 5.91 Å². The van der Waals surface area contributed by atoms with E-state index in [-0.39, 0.29) is 22.4 Å². The minimum Gasteiger partial charge on any atom is -0.351 e. The van der Waals surface area contributed by atoms with Crippen LogP contribution in [0.1, 0.15) is 31.7 Å². The number of nitrogens with one attached hydrogen (secondary N) is 1. The molecule has 2 rings (SSSR count). The summed E-state index contributed by atoms with van der Waals surface area (Å²) in [6.45, 7) is 3.92. The van der Waals surface area contributed by atoms with Crippen LogP contribution in [0.2, 0.25) is 5.02 Å². The van der Waals surface area contributed by atoms with Gasteiger partial charge in [-0.15, -0.1) is 0 Å². The van der Waals surface area contributed by atoms with Crippen molar-refractivity contribution in [2.75, 3.05) is 0 Å². The summed E-state index contributed by atoms with van der Waals surface area (Å²) >= 11 is 5.74. The van der Waals surface area contributed by atoms with Gasteiger partial charge in [-0.2, -0.15) is 0 Å². The van der Waals surface area contributed by atoms with E-state index in [1.54, 1.807) is 12.1 Å². The third kappa shape index (κ3) is 1.92. The molecule has 1 aliphatic heterocycles. The largest absolute Gasteiger partial charge is 0.351 e. The highest BCUT2D eigenvalue weighted by molar-refractivity contribution is 6.30. The first-order chi connectivity index (χ1) is 7.40. The maximum Gasteiger partial charge on any atom is 0.221 e. The Bertz CT molecular complexity index is 445. The lowest BCUT2D eigenvalue weighted by Gasteiger charge is -2.26. The van der Waals surface area contributed by atoms with Crippen LogP contribution in [0.3, 0.4) is 0 Å². The zero-order valence-electron chi connectivity index (χ0n) is 9.18. The average Bonchev–Trinajstić information content (AvgIpc) is 2.44. The molecule has 86 valence electrons. The van der Waals surface area contributed by atoms with Crippen molar-refractivity contribution in [1.82, 2.24) is 5.32 Å². The first kappa shape index (κ1) is 11.4. The number of amides is 1. The summed E-state index contributed by atoms with van der Waals surface area (Å²) < 4.78 is 13.0. The van der Waals surface area contributed by atoms with E-state index in [4.69, 9.17) is 11.6 Å². The predicted molar refractivity (Wildman–Crippen MR) is 61.0 cm³/mol. The quantitative estimate of drug-likeness (QED) is 0.805. The molecule has 1 saturated heterocycles. The van der Waals surface area contributed by atoms with Gasteiger partial charge in [-0.05, 0) is 31.5 Å². The van der Waals surface area contributed by atoms with Crippen LogP contribution < -0.4 is 5.32 Å². The number of benzene rings is 1. The minimum absolute atomic E-state index is 0.0236. The van der Waals surface area contributed by atoms with Gasteiger partial charge in [0.25, 0.3) is 0 Å². The third-order valence-electron chi connectivity index (χ3n) is 3.07. The van der Waals surface area contributed by atoms with Crippen LogP contribution in [0.15, 0.2) is 18.2 Å². The van der Waals surface area contributed by atoms with Crippen molar-refractivity contribution in [3.05, 3.63) is 34.6 Å². The van der Waals surface area contributed by atoms with Crippen molar-refractivity contribution in [2.45, 2.75) is 31.7 Å². The smallest absolute Gasteiger partial charge is 0.221 e. The summed E-state index contributed by atoms with van der Waals surface area (Å²) in [5, 5.41) is 3.00. The van der Waals surface area contributed by atoms with Crippen molar-refractivity contribution < 1.29 is 9.18 Å². The molecule has 16 heavy (non-hydrogen) atoms. The summed E-state index contributed by atoms with van der Waals surface area (Å²) in [5.41, 5.74) is 0.591. The number of hydrogen-bond acceptors (Lipinski definition) is 1. The molecule has 0 aliphatic carbocycles. The molecule has 1 unspecified atom stereocenters. The number of halogens is 2. The fourth-order valence-electron chi connectivity index (χ4n) is 2.20. The van der Waals surface area contributed by atoms with Crippen molar-refractivity contribution >= 4 is 17.5 Å². The summed E-state index contributed by atoms with van der Waals surface area (Å²) in [7, 11) is 0. The van der Waals surface area contributed by atoms with Crippen molar-refractivity contribution in [3.8, 4) is 0 Å². The summed E-state index contributed by atoms with van der Waals surface area (Å²) in [4.78, 5) is 11.4. The van der Waals surface area contributed by atoms with Gasteiger partial charge < -0.3 is 5.32 Å². The minimum atomic E-state index is -0.430. The molecule has 1 aromatic rings. The molecule has 0 bridgehead atoms. The second-order valence-corrected chi connectivity index (χ2v) is 5.11. The van der Waals surface area contributed by atoms with E-state index in [1.165, 1.54) is 6.07 Å². The lowest BCUT2D eigenvalue weighted by molar-refractivity contribution is -0.119. The number of carbonyl (C=O) groups is 1. The molecular formula is C12H13ClFNO. The highest BCUT2D eigenvalue weighted by Gasteiger charge is 2.39. The molecule has 0 aromatic heterocycles. The van der Waals surface area contributed by atoms with Gasteiger partial charge >= 0.3 is 0 Å². The molecule has 0 saturated carbocycles. The lowest BCUT2D eigenvalue weighted by atomic mass is 9.83. The van der Waals surface area contributed by atoms with Crippen molar-refractivity contribution in [1.29, 1.82) is 0 Å². The summed E-state index contributed by atoms with van der Waals surface area (Å²) in [6.07, 6.45) is 0.426. The zero-order chi connectivity index (χ0) is 11.9. The zero-order valence-corrected chi connectivity index (χ0v) is 9.94. The second kappa shape index (κ2) is 3.74. The van der Waals surface area contributed by atoms with E-state index < -0.39 is 5.82 Å². The molecule has 0 radical (unpaired) electrons. The molecule has 1 atom stereocenters. The van der Waals surface area contributed by atoms with Crippen LogP contribution >= 0.6 is 11.6 Å². The molecular weight excluding hydrogens is 229 g/mol. The van der Waals surface area contributed by atoms with Crippen LogP contribution in [-0.4, -0.2) is 11.4 Å². The van der Waals surface area contributed by atoms with Gasteiger partial charge in [-0.25, -0.2) is 4.39 Å². The Morgan fingerprint density at radius 3 is 2.69 bits per heavy atom. The Morgan fingerprint density at radius 1 is 1.50 bits per heavy atom. The van der Waals surface area contributed by atoms with Crippen LogP contribution in [0.25, 0.3) is 0 Å². The highest BCUT2D eigenvalue weighted by atomic mass is 35.5. The topological polar surface area (TPSA) is 29.1 Å². The molecule has 1 aromatic carbocycles. The van der Waals surface area contributed by atoms with Gasteiger partial charge in [-0.3, -0.25) is 4.79 Å². The maximum absolute atomic E-state index is 13.0. The molecule has 1 aliphatic rings. The van der Waals surface area contributed by atoms with Gasteiger partial charge in [0.1, 0.15) is 5.82 Å². The predicted octanol–water partition coefficient (Wildman–Crippen LogP) is 2.86. The van der Waals surface area contributed by atoms with Crippen molar-refractivity contribution in [2.24, 2.45) is 0 Å². The van der Waals surface area contributed by atoms with Gasteiger partial charge in [-0.1, -0.05) is 17.7 Å². The molecule has 1 amide bonds. The monoisotopic (exact) mass is 241 g/mol. The van der Waals surface area contributed by atoms with E-state index in [0.29, 0.717) is 6.42 Å². The molecule has 1 fully saturated rings. The van der Waals surface area contributed by atoms with Gasteiger partial charge in [0.15, 0.2) is 0 Å². The summed E-state index contributed by atoms with van der Waals surface area (Å²) in [5.74, 6) is -0.367. The second-order valence-electron chi connectivity index (χ2n) is 4.70. The molecule has 2 nitrogen and oxygen atoms in total. The van der Waals surface area contributed by atoms with Crippen LogP contribution in [0, 0.1) is 5.82 Å². The normalized spacial score (nSPS) is 23.2. The van der Waals surface area contributed by atoms with E-state index in [0.717, 1.165) is 5.56 Å². The highest BCUT2D eigenvalue weighted by Crippen LogP contribution is 2.37. The first-order valence-corrected chi connectivity index (χ1v) is 5.54. The van der Waals surface area contributed by atoms with Crippen LogP contribution in [0.5, 0.6) is 0 Å². The Kier molecular flexibility index (Phi) is 2.66. The molecule has 1 N–H and O–H groups in total. The van der Waals surface area contributed by atoms with E-state index >= 15 is 0 Å². The number of carbonyl (C=O) groups excluding carboxylic acids is 1. The van der Waals surface area contributed by atoms with Gasteiger partial charge in [0, 0.05) is 17.9 Å². The van der Waals surface area contributed by atoms with Crippen LogP contribution in [-0.2, 0) is 4.79 Å². The standard InChI is InChI=1S/C12H13ClFNO/c1-12(2)8(6-11(16)15-12)7-3-4-10(14)9(13)5-7/h3-5,8H,6H2,1-2H3,(H,15,16). The number of hydrogen-bond donors (Lipinski definition) is 1. The lowest BCUT2D eigenvalue weighted by Crippen LogP contribution is -2.38. The summed E-state index contributed by atoms with van der Waals surface area (Å²) in [6, 6.07) is 4.63. The fraction of sp³-hybridized carbons (Fsp3) is 0.417. The van der Waals surface area contributed by atoms with E-state index in [2.05, 4.69) is 5.32 Å². The van der Waals surface area contributed by atoms with Crippen molar-refractivity contribution in [3.63, 3.8) is 0 Å². The SMILES string of the molecule is CC1(C)NC(=O)CC1c1ccc(F)c(Cl)c1. The Hall–Kier alpha value is -1.09. The molecule has 0 spiro atoms. The van der Waals surface area contributed by atoms with E-state index in [9.17, 15) is 9.18 Å². The number of rotatable bonds is 1. The Balaban J connectivity index is 2.37. The molecule has 4 heteroatoms. The Labute approximate surface area is 98.8 Å². The first-order valence-electron chi connectivity index (χ1n) is 5.16.